The van der Waals surface area contributed by atoms with Gasteiger partial charge in [0.1, 0.15) is 0 Å². The van der Waals surface area contributed by atoms with Crippen LogP contribution in [0, 0.1) is 0 Å². The monoisotopic (exact) mass is 280 g/mol. The number of hydrogen-bond acceptors (Lipinski definition) is 3. The highest BCUT2D eigenvalue weighted by Crippen LogP contribution is 2.16. The van der Waals surface area contributed by atoms with E-state index in [1.165, 1.54) is 11.3 Å². The third-order valence-electron chi connectivity index (χ3n) is 2.95. The van der Waals surface area contributed by atoms with Crippen molar-refractivity contribution < 1.29 is 0 Å². The molecule has 0 unspecified atom stereocenters. The van der Waals surface area contributed by atoms with Crippen molar-refractivity contribution in [1.82, 2.24) is 0 Å². The van der Waals surface area contributed by atoms with Crippen LogP contribution < -0.4 is 4.90 Å². The molecule has 20 heavy (non-hydrogen) atoms. The molecular weight excluding hydrogens is 264 g/mol. The Balaban J connectivity index is 2.10. The van der Waals surface area contributed by atoms with Crippen LogP contribution in [0.5, 0.6) is 0 Å². The minimum atomic E-state index is 0.826. The minimum absolute atomic E-state index is 0.826. The Bertz CT molecular complexity index is 634. The maximum atomic E-state index is 4.58. The summed E-state index contributed by atoms with van der Waals surface area (Å²) in [5.41, 5.74) is 4.33. The normalized spacial score (nSPS) is 10.3. The van der Waals surface area contributed by atoms with Crippen LogP contribution in [0.15, 0.2) is 53.5 Å². The quantitative estimate of drug-likeness (QED) is 0.460. The third-order valence-corrected chi connectivity index (χ3v) is 3.04. The number of rotatable bonds is 4. The lowest BCUT2D eigenvalue weighted by atomic mass is 10.1. The van der Waals surface area contributed by atoms with E-state index in [2.05, 4.69) is 63.7 Å². The summed E-state index contributed by atoms with van der Waals surface area (Å²) in [6.45, 7) is 0. The van der Waals surface area contributed by atoms with Gasteiger partial charge in [0, 0.05) is 19.8 Å². The first-order valence-electron chi connectivity index (χ1n) is 6.32. The molecule has 2 nitrogen and oxygen atoms in total. The SMILES string of the molecule is CN(C)c1ccc(C=Cc2ccc(N=C=S)cc2)cc1. The van der Waals surface area contributed by atoms with Gasteiger partial charge in [0.05, 0.1) is 10.8 Å². The number of thiocarbonyl (C=S) groups is 1. The molecule has 0 radical (unpaired) electrons. The molecule has 0 aliphatic carbocycles. The fraction of sp³-hybridized carbons (Fsp3) is 0.118. The Morgan fingerprint density at radius 3 is 1.85 bits per heavy atom. The second-order valence-electron chi connectivity index (χ2n) is 4.61. The van der Waals surface area contributed by atoms with Gasteiger partial charge in [-0.25, -0.2) is 0 Å². The van der Waals surface area contributed by atoms with Crippen LogP contribution in [-0.2, 0) is 0 Å². The van der Waals surface area contributed by atoms with E-state index in [0.29, 0.717) is 0 Å². The topological polar surface area (TPSA) is 15.6 Å². The smallest absolute Gasteiger partial charge is 0.0739 e. The van der Waals surface area contributed by atoms with E-state index in [1.54, 1.807) is 0 Å². The summed E-state index contributed by atoms with van der Waals surface area (Å²) in [5.74, 6) is 0. The summed E-state index contributed by atoms with van der Waals surface area (Å²) in [6, 6.07) is 16.3. The summed E-state index contributed by atoms with van der Waals surface area (Å²) < 4.78 is 0. The van der Waals surface area contributed by atoms with E-state index in [-0.39, 0.29) is 0 Å². The zero-order valence-electron chi connectivity index (χ0n) is 11.6. The van der Waals surface area contributed by atoms with Gasteiger partial charge in [-0.1, -0.05) is 36.4 Å². The molecule has 2 aromatic carbocycles. The van der Waals surface area contributed by atoms with Gasteiger partial charge in [0.25, 0.3) is 0 Å². The van der Waals surface area contributed by atoms with E-state index in [9.17, 15) is 0 Å². The van der Waals surface area contributed by atoms with Crippen molar-refractivity contribution in [2.45, 2.75) is 0 Å². The summed E-state index contributed by atoms with van der Waals surface area (Å²) in [6.07, 6.45) is 4.17. The molecule has 0 aliphatic heterocycles. The largest absolute Gasteiger partial charge is 0.378 e. The number of isothiocyanates is 1. The van der Waals surface area contributed by atoms with Crippen molar-refractivity contribution in [3.05, 3.63) is 59.7 Å². The molecule has 3 heteroatoms. The van der Waals surface area contributed by atoms with Gasteiger partial charge in [-0.15, -0.1) is 0 Å². The summed E-state index contributed by atoms with van der Waals surface area (Å²) >= 11 is 4.58. The van der Waals surface area contributed by atoms with Gasteiger partial charge < -0.3 is 4.90 Å². The molecule has 2 aromatic rings. The van der Waals surface area contributed by atoms with E-state index in [0.717, 1.165) is 11.3 Å². The fourth-order valence-corrected chi connectivity index (χ4v) is 1.89. The van der Waals surface area contributed by atoms with Crippen molar-refractivity contribution in [2.24, 2.45) is 4.99 Å². The lowest BCUT2D eigenvalue weighted by Gasteiger charge is -2.11. The average molecular weight is 280 g/mol. The second-order valence-corrected chi connectivity index (χ2v) is 4.80. The highest BCUT2D eigenvalue weighted by molar-refractivity contribution is 7.78. The van der Waals surface area contributed by atoms with Crippen LogP contribution in [0.3, 0.4) is 0 Å². The molecule has 0 aliphatic rings. The van der Waals surface area contributed by atoms with E-state index >= 15 is 0 Å². The van der Waals surface area contributed by atoms with Crippen LogP contribution >= 0.6 is 12.2 Å². The molecule has 0 heterocycles. The molecule has 0 bridgehead atoms. The first-order valence-corrected chi connectivity index (χ1v) is 6.73. The maximum absolute atomic E-state index is 4.58. The highest BCUT2D eigenvalue weighted by atomic mass is 32.1. The Morgan fingerprint density at radius 1 is 0.900 bits per heavy atom. The van der Waals surface area contributed by atoms with E-state index < -0.39 is 0 Å². The Hall–Kier alpha value is -2.22. The Labute approximate surface area is 125 Å². The van der Waals surface area contributed by atoms with Crippen molar-refractivity contribution in [1.29, 1.82) is 0 Å². The lowest BCUT2D eigenvalue weighted by Crippen LogP contribution is -2.07. The number of aliphatic imine (C=N–C) groups is 1. The van der Waals surface area contributed by atoms with Gasteiger partial charge in [0.15, 0.2) is 0 Å². The van der Waals surface area contributed by atoms with Crippen molar-refractivity contribution in [3.63, 3.8) is 0 Å². The standard InChI is InChI=1S/C17H16N2S/c1-19(2)17-11-7-15(8-12-17)4-3-14-5-9-16(10-6-14)18-13-20/h3-12H,1-2H3. The van der Waals surface area contributed by atoms with Gasteiger partial charge >= 0.3 is 0 Å². The van der Waals surface area contributed by atoms with E-state index in [1.807, 2.05) is 38.4 Å². The van der Waals surface area contributed by atoms with Crippen molar-refractivity contribution in [2.75, 3.05) is 19.0 Å². The zero-order chi connectivity index (χ0) is 14.4. The predicted molar refractivity (Wildman–Crippen MR) is 90.8 cm³/mol. The molecule has 0 saturated heterocycles. The molecule has 0 aromatic heterocycles. The van der Waals surface area contributed by atoms with Gasteiger partial charge in [-0.05, 0) is 47.6 Å². The first-order chi connectivity index (χ1) is 9.69. The Morgan fingerprint density at radius 2 is 1.40 bits per heavy atom. The zero-order valence-corrected chi connectivity index (χ0v) is 12.4. The molecule has 0 amide bonds. The summed E-state index contributed by atoms with van der Waals surface area (Å²) in [4.78, 5) is 6.01. The number of benzene rings is 2. The van der Waals surface area contributed by atoms with E-state index in [4.69, 9.17) is 0 Å². The number of hydrogen-bond donors (Lipinski definition) is 0. The van der Waals surface area contributed by atoms with Crippen LogP contribution in [0.2, 0.25) is 0 Å². The van der Waals surface area contributed by atoms with Gasteiger partial charge in [0.2, 0.25) is 0 Å². The highest BCUT2D eigenvalue weighted by Gasteiger charge is 1.94. The van der Waals surface area contributed by atoms with Gasteiger partial charge in [-0.2, -0.15) is 4.99 Å². The fourth-order valence-electron chi connectivity index (χ4n) is 1.79. The summed E-state index contributed by atoms with van der Waals surface area (Å²) in [7, 11) is 4.07. The molecule has 0 atom stereocenters. The van der Waals surface area contributed by atoms with Gasteiger partial charge in [-0.3, -0.25) is 0 Å². The molecule has 0 spiro atoms. The van der Waals surface area contributed by atoms with Crippen molar-refractivity contribution in [3.8, 4) is 0 Å². The molecule has 0 saturated carbocycles. The van der Waals surface area contributed by atoms with Crippen LogP contribution in [0.4, 0.5) is 11.4 Å². The average Bonchev–Trinajstić information content (AvgIpc) is 2.47. The molecule has 2 rings (SSSR count). The van der Waals surface area contributed by atoms with Crippen molar-refractivity contribution >= 4 is 40.9 Å². The first kappa shape index (κ1) is 14.2. The maximum Gasteiger partial charge on any atom is 0.0739 e. The van der Waals surface area contributed by atoms with Crippen LogP contribution in [0.1, 0.15) is 11.1 Å². The number of anilines is 1. The molecule has 100 valence electrons. The second kappa shape index (κ2) is 6.80. The summed E-state index contributed by atoms with van der Waals surface area (Å²) in [5, 5.41) is 2.36. The molecule has 0 fully saturated rings. The lowest BCUT2D eigenvalue weighted by molar-refractivity contribution is 1.13. The number of nitrogens with zero attached hydrogens (tertiary/aromatic N) is 2. The third kappa shape index (κ3) is 3.89. The molecule has 0 N–H and O–H groups in total. The predicted octanol–water partition coefficient (Wildman–Crippen LogP) is 4.66. The molecular formula is C17H16N2S. The van der Waals surface area contributed by atoms with Crippen LogP contribution in [0.25, 0.3) is 12.2 Å². The minimum Gasteiger partial charge on any atom is -0.378 e. The van der Waals surface area contributed by atoms with Crippen LogP contribution in [-0.4, -0.2) is 19.3 Å². The Kier molecular flexibility index (Phi) is 4.83.